The monoisotopic (exact) mass is 419 g/mol. The summed E-state index contributed by atoms with van der Waals surface area (Å²) in [6.07, 6.45) is 0. The molecule has 0 unspecified atom stereocenters. The van der Waals surface area contributed by atoms with Gasteiger partial charge in [0.1, 0.15) is 11.6 Å². The van der Waals surface area contributed by atoms with Crippen molar-refractivity contribution in [2.75, 3.05) is 26.6 Å². The predicted molar refractivity (Wildman–Crippen MR) is 119 cm³/mol. The molecule has 8 heteroatoms. The van der Waals surface area contributed by atoms with Gasteiger partial charge in [-0.15, -0.1) is 0 Å². The lowest BCUT2D eigenvalue weighted by atomic mass is 10.1. The molecule has 2 aromatic carbocycles. The van der Waals surface area contributed by atoms with E-state index in [-0.39, 0.29) is 0 Å². The van der Waals surface area contributed by atoms with E-state index >= 15 is 0 Å². The third-order valence-electron chi connectivity index (χ3n) is 5.05. The maximum atomic E-state index is 5.47. The first-order chi connectivity index (χ1) is 15.0. The molecule has 160 valence electrons. The summed E-state index contributed by atoms with van der Waals surface area (Å²) in [6.45, 7) is 4.43. The highest BCUT2D eigenvalue weighted by atomic mass is 16.5. The van der Waals surface area contributed by atoms with Crippen molar-refractivity contribution >= 4 is 11.6 Å². The number of methoxy groups -OCH3 is 3. The van der Waals surface area contributed by atoms with Crippen LogP contribution in [-0.2, 0) is 6.54 Å². The van der Waals surface area contributed by atoms with E-state index in [1.54, 1.807) is 25.8 Å². The Balaban J connectivity index is 1.73. The van der Waals surface area contributed by atoms with Gasteiger partial charge < -0.3 is 19.5 Å². The second kappa shape index (κ2) is 8.51. The summed E-state index contributed by atoms with van der Waals surface area (Å²) in [6, 6.07) is 13.7. The van der Waals surface area contributed by atoms with E-state index in [1.165, 1.54) is 0 Å². The van der Waals surface area contributed by atoms with Crippen LogP contribution in [0.1, 0.15) is 17.1 Å². The first kappa shape index (κ1) is 20.5. The summed E-state index contributed by atoms with van der Waals surface area (Å²) in [5.74, 6) is 3.45. The molecule has 0 fully saturated rings. The van der Waals surface area contributed by atoms with Gasteiger partial charge in [-0.2, -0.15) is 14.6 Å². The van der Waals surface area contributed by atoms with E-state index in [1.807, 2.05) is 56.3 Å². The molecule has 0 amide bonds. The van der Waals surface area contributed by atoms with Crippen molar-refractivity contribution in [1.82, 2.24) is 19.6 Å². The molecule has 2 aromatic heterocycles. The molecule has 0 radical (unpaired) electrons. The molecule has 2 heterocycles. The van der Waals surface area contributed by atoms with Crippen molar-refractivity contribution in [1.29, 1.82) is 0 Å². The zero-order valence-corrected chi connectivity index (χ0v) is 18.3. The number of nitrogens with one attached hydrogen (secondary N) is 1. The molecule has 0 atom stereocenters. The summed E-state index contributed by atoms with van der Waals surface area (Å²) in [5, 5.41) is 8.08. The Morgan fingerprint density at radius 2 is 1.61 bits per heavy atom. The van der Waals surface area contributed by atoms with Crippen molar-refractivity contribution in [3.8, 4) is 28.4 Å². The zero-order valence-electron chi connectivity index (χ0n) is 18.3. The number of fused-ring (bicyclic) bond motifs is 1. The first-order valence-electron chi connectivity index (χ1n) is 9.87. The fourth-order valence-electron chi connectivity index (χ4n) is 3.51. The molecular formula is C23H25N5O3. The van der Waals surface area contributed by atoms with Gasteiger partial charge in [0.25, 0.3) is 0 Å². The molecule has 0 aliphatic carbocycles. The van der Waals surface area contributed by atoms with Crippen LogP contribution in [0.15, 0.2) is 42.5 Å². The van der Waals surface area contributed by atoms with E-state index in [4.69, 9.17) is 19.3 Å². The Hall–Kier alpha value is -3.81. The molecule has 0 aliphatic rings. The van der Waals surface area contributed by atoms with Crippen molar-refractivity contribution < 1.29 is 14.2 Å². The molecule has 8 nitrogen and oxygen atoms in total. The third kappa shape index (κ3) is 3.96. The van der Waals surface area contributed by atoms with Gasteiger partial charge in [0.05, 0.1) is 27.0 Å². The van der Waals surface area contributed by atoms with Crippen LogP contribution in [0.5, 0.6) is 17.2 Å². The summed E-state index contributed by atoms with van der Waals surface area (Å²) >= 11 is 0. The van der Waals surface area contributed by atoms with E-state index in [0.717, 1.165) is 33.8 Å². The van der Waals surface area contributed by atoms with Crippen LogP contribution in [0.4, 0.5) is 5.95 Å². The highest BCUT2D eigenvalue weighted by Gasteiger charge is 2.18. The standard InChI is InChI=1S/C23H25N5O3/c1-14-21(17-8-11-19(30-4)20(12-17)31-5)22-25-15(2)26-23(28(22)27-14)24-13-16-6-9-18(29-3)10-7-16/h6-12H,13H2,1-5H3,(H,24,25,26). The molecule has 0 saturated heterocycles. The maximum absolute atomic E-state index is 5.47. The lowest BCUT2D eigenvalue weighted by Gasteiger charge is -2.10. The molecule has 1 N–H and O–H groups in total. The SMILES string of the molecule is COc1ccc(CNc2nc(C)nc3c(-c4ccc(OC)c(OC)c4)c(C)nn23)cc1. The average Bonchev–Trinajstić information content (AvgIpc) is 3.12. The Morgan fingerprint density at radius 3 is 2.29 bits per heavy atom. The number of anilines is 1. The lowest BCUT2D eigenvalue weighted by Crippen LogP contribution is -2.09. The third-order valence-corrected chi connectivity index (χ3v) is 5.05. The van der Waals surface area contributed by atoms with Gasteiger partial charge in [0.2, 0.25) is 5.95 Å². The predicted octanol–water partition coefficient (Wildman–Crippen LogP) is 4.05. The van der Waals surface area contributed by atoms with Crippen molar-refractivity contribution in [3.05, 3.63) is 59.5 Å². The van der Waals surface area contributed by atoms with Crippen LogP contribution in [-0.4, -0.2) is 40.9 Å². The highest BCUT2D eigenvalue weighted by molar-refractivity contribution is 5.81. The molecule has 0 saturated carbocycles. The molecule has 0 spiro atoms. The van der Waals surface area contributed by atoms with E-state index in [9.17, 15) is 0 Å². The van der Waals surface area contributed by atoms with Crippen molar-refractivity contribution in [2.24, 2.45) is 0 Å². The van der Waals surface area contributed by atoms with Gasteiger partial charge in [-0.05, 0) is 49.2 Å². The molecule has 0 bridgehead atoms. The van der Waals surface area contributed by atoms with Gasteiger partial charge >= 0.3 is 0 Å². The normalized spacial score (nSPS) is 10.9. The smallest absolute Gasteiger partial charge is 0.227 e. The van der Waals surface area contributed by atoms with Gasteiger partial charge in [-0.25, -0.2) is 4.98 Å². The fraction of sp³-hybridized carbons (Fsp3) is 0.261. The Bertz CT molecular complexity index is 1220. The van der Waals surface area contributed by atoms with Crippen LogP contribution in [0.3, 0.4) is 0 Å². The Kier molecular flexibility index (Phi) is 5.62. The molecule has 4 rings (SSSR count). The molecule has 31 heavy (non-hydrogen) atoms. The van der Waals surface area contributed by atoms with Crippen LogP contribution in [0.2, 0.25) is 0 Å². The van der Waals surface area contributed by atoms with Crippen LogP contribution in [0.25, 0.3) is 16.8 Å². The van der Waals surface area contributed by atoms with E-state index in [2.05, 4.69) is 15.3 Å². The minimum Gasteiger partial charge on any atom is -0.497 e. The summed E-state index contributed by atoms with van der Waals surface area (Å²) in [4.78, 5) is 9.24. The largest absolute Gasteiger partial charge is 0.497 e. The van der Waals surface area contributed by atoms with Gasteiger partial charge in [0, 0.05) is 12.1 Å². The maximum Gasteiger partial charge on any atom is 0.227 e. The number of benzene rings is 2. The van der Waals surface area contributed by atoms with Crippen LogP contribution in [0, 0.1) is 13.8 Å². The lowest BCUT2D eigenvalue weighted by molar-refractivity contribution is 0.355. The topological polar surface area (TPSA) is 82.8 Å². The van der Waals surface area contributed by atoms with Crippen molar-refractivity contribution in [2.45, 2.75) is 20.4 Å². The second-order valence-electron chi connectivity index (χ2n) is 7.06. The molecular weight excluding hydrogens is 394 g/mol. The highest BCUT2D eigenvalue weighted by Crippen LogP contribution is 2.35. The number of aryl methyl sites for hydroxylation is 2. The van der Waals surface area contributed by atoms with E-state index in [0.29, 0.717) is 29.8 Å². The minimum absolute atomic E-state index is 0.597. The van der Waals surface area contributed by atoms with Crippen LogP contribution < -0.4 is 19.5 Å². The minimum atomic E-state index is 0.597. The number of nitrogens with zero attached hydrogens (tertiary/aromatic N) is 4. The Labute approximate surface area is 180 Å². The fourth-order valence-corrected chi connectivity index (χ4v) is 3.51. The second-order valence-corrected chi connectivity index (χ2v) is 7.06. The quantitative estimate of drug-likeness (QED) is 0.484. The van der Waals surface area contributed by atoms with Gasteiger partial charge in [-0.1, -0.05) is 18.2 Å². The van der Waals surface area contributed by atoms with Crippen molar-refractivity contribution in [3.63, 3.8) is 0 Å². The van der Waals surface area contributed by atoms with Gasteiger partial charge in [0.15, 0.2) is 17.1 Å². The molecule has 4 aromatic rings. The number of ether oxygens (including phenoxy) is 3. The first-order valence-corrected chi connectivity index (χ1v) is 9.87. The van der Waals surface area contributed by atoms with Crippen LogP contribution >= 0.6 is 0 Å². The summed E-state index contributed by atoms with van der Waals surface area (Å²) < 4.78 is 17.8. The molecule has 0 aliphatic heterocycles. The zero-order chi connectivity index (χ0) is 22.0. The number of aromatic nitrogens is 4. The number of hydrogen-bond acceptors (Lipinski definition) is 7. The number of rotatable bonds is 7. The Morgan fingerprint density at radius 1 is 0.871 bits per heavy atom. The number of hydrogen-bond donors (Lipinski definition) is 1. The summed E-state index contributed by atoms with van der Waals surface area (Å²) in [7, 11) is 4.90. The van der Waals surface area contributed by atoms with E-state index < -0.39 is 0 Å². The van der Waals surface area contributed by atoms with Gasteiger partial charge in [-0.3, -0.25) is 0 Å². The summed E-state index contributed by atoms with van der Waals surface area (Å²) in [5.41, 5.74) is 4.56. The average molecular weight is 419 g/mol.